The molecule has 1 aromatic carbocycles. The molecule has 11 nitrogen and oxygen atoms in total. The number of benzene rings is 1. The van der Waals surface area contributed by atoms with Gasteiger partial charge in [0.2, 0.25) is 11.9 Å². The van der Waals surface area contributed by atoms with Crippen molar-refractivity contribution in [3.63, 3.8) is 0 Å². The maximum absolute atomic E-state index is 12.5. The van der Waals surface area contributed by atoms with Crippen LogP contribution in [-0.2, 0) is 4.79 Å². The number of piperidine rings is 1. The summed E-state index contributed by atoms with van der Waals surface area (Å²) >= 11 is 1.55. The normalized spacial score (nSPS) is 20.5. The molecule has 3 aliphatic rings. The molecule has 12 heteroatoms. The number of carbonyl (C=O) groups excluding carboxylic acids is 2. The first kappa shape index (κ1) is 28.6. The lowest BCUT2D eigenvalue weighted by molar-refractivity contribution is -0.130. The van der Waals surface area contributed by atoms with Crippen LogP contribution in [0.15, 0.2) is 42.6 Å². The zero-order valence-corrected chi connectivity index (χ0v) is 26.3. The minimum Gasteiger partial charge on any atom is -0.345 e. The molecule has 2 atom stereocenters. The Morgan fingerprint density at radius 3 is 2.52 bits per heavy atom. The van der Waals surface area contributed by atoms with E-state index < -0.39 is 0 Å². The van der Waals surface area contributed by atoms with E-state index in [0.717, 1.165) is 77.9 Å². The van der Waals surface area contributed by atoms with Crippen molar-refractivity contribution in [1.29, 1.82) is 0 Å². The zero-order chi connectivity index (χ0) is 30.5. The van der Waals surface area contributed by atoms with Gasteiger partial charge in [0, 0.05) is 100 Å². The number of rotatable bonds is 6. The topological polar surface area (TPSA) is 111 Å². The quantitative estimate of drug-likeness (QED) is 0.343. The maximum Gasteiger partial charge on any atom is 0.253 e. The summed E-state index contributed by atoms with van der Waals surface area (Å²) in [7, 11) is 3.50. The van der Waals surface area contributed by atoms with Crippen molar-refractivity contribution >= 4 is 51.0 Å². The molecule has 0 unspecified atom stereocenters. The summed E-state index contributed by atoms with van der Waals surface area (Å²) in [4.78, 5) is 52.0. The second kappa shape index (κ2) is 11.4. The van der Waals surface area contributed by atoms with Crippen molar-refractivity contribution in [3.05, 3.63) is 53.9 Å². The summed E-state index contributed by atoms with van der Waals surface area (Å²) in [5.41, 5.74) is 3.28. The number of amides is 2. The van der Waals surface area contributed by atoms with Gasteiger partial charge >= 0.3 is 0 Å². The number of aromatic nitrogens is 4. The highest BCUT2D eigenvalue weighted by molar-refractivity contribution is 7.21. The molecule has 44 heavy (non-hydrogen) atoms. The van der Waals surface area contributed by atoms with Gasteiger partial charge in [-0.3, -0.25) is 14.5 Å². The zero-order valence-electron chi connectivity index (χ0n) is 25.5. The van der Waals surface area contributed by atoms with Gasteiger partial charge < -0.3 is 20.0 Å². The van der Waals surface area contributed by atoms with E-state index in [1.54, 1.807) is 37.3 Å². The van der Waals surface area contributed by atoms with Crippen LogP contribution < -0.4 is 10.2 Å². The third-order valence-corrected chi connectivity index (χ3v) is 10.1. The molecule has 2 bridgehead atoms. The lowest BCUT2D eigenvalue weighted by atomic mass is 10.0. The van der Waals surface area contributed by atoms with Crippen LogP contribution in [0, 0.1) is 6.92 Å². The Labute approximate surface area is 260 Å². The highest BCUT2D eigenvalue weighted by Crippen LogP contribution is 2.37. The largest absolute Gasteiger partial charge is 0.345 e. The number of fused-ring (bicyclic) bond motifs is 3. The lowest BCUT2D eigenvalue weighted by Gasteiger charge is -2.42. The lowest BCUT2D eigenvalue weighted by Crippen LogP contribution is -2.54. The van der Waals surface area contributed by atoms with E-state index in [-0.39, 0.29) is 11.8 Å². The Kier molecular flexibility index (Phi) is 7.41. The van der Waals surface area contributed by atoms with Crippen LogP contribution in [0.3, 0.4) is 0 Å². The highest BCUT2D eigenvalue weighted by atomic mass is 32.1. The first-order valence-corrected chi connectivity index (χ1v) is 16.0. The van der Waals surface area contributed by atoms with Crippen molar-refractivity contribution in [2.24, 2.45) is 0 Å². The predicted octanol–water partition coefficient (Wildman–Crippen LogP) is 4.18. The molecule has 4 aromatic rings. The summed E-state index contributed by atoms with van der Waals surface area (Å²) < 4.78 is 0.971. The summed E-state index contributed by atoms with van der Waals surface area (Å²) in [5.74, 6) is 2.29. The van der Waals surface area contributed by atoms with E-state index in [1.807, 2.05) is 54.4 Å². The van der Waals surface area contributed by atoms with Crippen LogP contribution >= 0.6 is 11.3 Å². The number of piperazine rings is 1. The molecular formula is C32H37N9O2S. The minimum atomic E-state index is -0.0360. The Morgan fingerprint density at radius 2 is 1.80 bits per heavy atom. The molecule has 3 saturated heterocycles. The van der Waals surface area contributed by atoms with Crippen molar-refractivity contribution in [2.45, 2.75) is 51.2 Å². The highest BCUT2D eigenvalue weighted by Gasteiger charge is 2.47. The predicted molar refractivity (Wildman–Crippen MR) is 172 cm³/mol. The first-order valence-electron chi connectivity index (χ1n) is 15.2. The second-order valence-electron chi connectivity index (χ2n) is 12.3. The summed E-state index contributed by atoms with van der Waals surface area (Å²) in [6.45, 7) is 7.34. The smallest absolute Gasteiger partial charge is 0.253 e. The molecule has 228 valence electrons. The molecule has 0 aliphatic carbocycles. The van der Waals surface area contributed by atoms with Gasteiger partial charge in [-0.15, -0.1) is 11.3 Å². The van der Waals surface area contributed by atoms with E-state index in [4.69, 9.17) is 15.0 Å². The molecule has 3 aromatic heterocycles. The van der Waals surface area contributed by atoms with Crippen molar-refractivity contribution < 1.29 is 9.59 Å². The van der Waals surface area contributed by atoms with Crippen LogP contribution in [0.2, 0.25) is 0 Å². The van der Waals surface area contributed by atoms with Gasteiger partial charge in [-0.25, -0.2) is 15.0 Å². The Hall–Kier alpha value is -4.16. The number of anilines is 3. The Bertz CT molecular complexity index is 1730. The van der Waals surface area contributed by atoms with E-state index in [9.17, 15) is 9.59 Å². The maximum atomic E-state index is 12.5. The van der Waals surface area contributed by atoms with Gasteiger partial charge in [-0.05, 0) is 38.3 Å². The molecule has 7 rings (SSSR count). The summed E-state index contributed by atoms with van der Waals surface area (Å²) in [6.07, 6.45) is 5.07. The number of nitrogens with zero attached hydrogens (tertiary/aromatic N) is 8. The number of carbonyl (C=O) groups is 2. The summed E-state index contributed by atoms with van der Waals surface area (Å²) in [6, 6.07) is 12.9. The number of pyridine rings is 1. The fraction of sp³-hybridized carbons (Fsp3) is 0.438. The number of thiazole rings is 1. The molecule has 0 spiro atoms. The third kappa shape index (κ3) is 5.48. The molecule has 3 fully saturated rings. The van der Waals surface area contributed by atoms with E-state index in [1.165, 1.54) is 0 Å². The Morgan fingerprint density at radius 1 is 0.977 bits per heavy atom. The van der Waals surface area contributed by atoms with Gasteiger partial charge in [0.05, 0.1) is 10.2 Å². The SMILES string of the molecule is CC(=O)N1CCC(N2C[C@@H]3C[C@H]2CN3c2nc(C)cc(Nc3cc4nc(-c5cccc(C(=O)N(C)C)c5)sc4cn3)n2)CC1. The molecule has 3 aliphatic heterocycles. The van der Waals surface area contributed by atoms with Gasteiger partial charge in [-0.1, -0.05) is 12.1 Å². The number of nitrogens with one attached hydrogen (secondary N) is 1. The monoisotopic (exact) mass is 611 g/mol. The van der Waals surface area contributed by atoms with Gasteiger partial charge in [-0.2, -0.15) is 4.98 Å². The number of hydrogen-bond acceptors (Lipinski definition) is 10. The number of likely N-dealkylation sites (tertiary alicyclic amines) is 2. The van der Waals surface area contributed by atoms with Gasteiger partial charge in [0.15, 0.2) is 0 Å². The minimum absolute atomic E-state index is 0.0360. The van der Waals surface area contributed by atoms with Crippen LogP contribution in [0.4, 0.5) is 17.6 Å². The Balaban J connectivity index is 1.05. The third-order valence-electron chi connectivity index (χ3n) is 9.06. The summed E-state index contributed by atoms with van der Waals surface area (Å²) in [5, 5.41) is 4.23. The number of hydrogen-bond donors (Lipinski definition) is 1. The van der Waals surface area contributed by atoms with E-state index in [2.05, 4.69) is 20.1 Å². The molecule has 0 radical (unpaired) electrons. The van der Waals surface area contributed by atoms with Crippen LogP contribution in [0.1, 0.15) is 42.2 Å². The van der Waals surface area contributed by atoms with Gasteiger partial charge in [0.25, 0.3) is 5.91 Å². The fourth-order valence-corrected chi connectivity index (χ4v) is 7.76. The molecule has 6 heterocycles. The van der Waals surface area contributed by atoms with E-state index in [0.29, 0.717) is 35.3 Å². The van der Waals surface area contributed by atoms with Crippen LogP contribution in [0.5, 0.6) is 0 Å². The average Bonchev–Trinajstić information content (AvgIpc) is 3.75. The molecular weight excluding hydrogens is 574 g/mol. The van der Waals surface area contributed by atoms with E-state index >= 15 is 0 Å². The standard InChI is InChI=1S/C32H37N9O2S/c1-19-12-29(37-32(34-19)41-18-24-14-25(41)17-40(24)23-8-10-39(11-9-23)20(2)42)36-28-15-26-27(16-33-28)44-30(35-26)21-6-5-7-22(13-21)31(43)38(3)4/h5-7,12-13,15-16,23-25H,8-11,14,17-18H2,1-4H3,(H,33,34,36,37)/t24-,25-/m0/s1. The fourth-order valence-electron chi connectivity index (χ4n) is 6.85. The number of aryl methyl sites for hydroxylation is 1. The van der Waals surface area contributed by atoms with Gasteiger partial charge in [0.1, 0.15) is 16.6 Å². The average molecular weight is 612 g/mol. The molecule has 1 N–H and O–H groups in total. The second-order valence-corrected chi connectivity index (χ2v) is 13.3. The van der Waals surface area contributed by atoms with Crippen molar-refractivity contribution in [1.82, 2.24) is 34.6 Å². The molecule has 2 amide bonds. The first-order chi connectivity index (χ1) is 21.2. The van der Waals surface area contributed by atoms with Crippen LogP contribution in [0.25, 0.3) is 20.8 Å². The van der Waals surface area contributed by atoms with Crippen molar-refractivity contribution in [3.8, 4) is 10.6 Å². The van der Waals surface area contributed by atoms with Crippen LogP contribution in [-0.4, -0.2) is 105 Å². The van der Waals surface area contributed by atoms with Crippen molar-refractivity contribution in [2.75, 3.05) is 50.5 Å². The molecule has 0 saturated carbocycles.